The van der Waals surface area contributed by atoms with E-state index in [-0.39, 0.29) is 12.4 Å². The maximum atomic E-state index is 12.1. The van der Waals surface area contributed by atoms with E-state index in [4.69, 9.17) is 9.47 Å². The fourth-order valence-electron chi connectivity index (χ4n) is 1.96. The number of carbonyl (C=O) groups excluding carboxylic acids is 2. The molecule has 0 aromatic rings. The molecule has 1 aliphatic heterocycles. The smallest absolute Gasteiger partial charge is 0.322 e. The molecule has 1 aliphatic rings. The summed E-state index contributed by atoms with van der Waals surface area (Å²) >= 11 is 1.75. The molecule has 104 valence electrons. The third-order valence-electron chi connectivity index (χ3n) is 3.00. The third kappa shape index (κ3) is 3.72. The molecule has 0 aromatic heterocycles. The van der Waals surface area contributed by atoms with Crippen molar-refractivity contribution in [3.8, 4) is 0 Å². The highest BCUT2D eigenvalue weighted by Crippen LogP contribution is 2.33. The van der Waals surface area contributed by atoms with E-state index < -0.39 is 11.4 Å². The van der Waals surface area contributed by atoms with Crippen molar-refractivity contribution in [1.29, 1.82) is 0 Å². The zero-order valence-electron chi connectivity index (χ0n) is 11.4. The van der Waals surface area contributed by atoms with Gasteiger partial charge in [-0.15, -0.1) is 0 Å². The maximum absolute atomic E-state index is 12.1. The lowest BCUT2D eigenvalue weighted by molar-refractivity contribution is -0.169. The zero-order valence-corrected chi connectivity index (χ0v) is 12.2. The van der Waals surface area contributed by atoms with Crippen LogP contribution in [0.4, 0.5) is 0 Å². The van der Waals surface area contributed by atoms with Gasteiger partial charge in [-0.05, 0) is 24.3 Å². The van der Waals surface area contributed by atoms with E-state index in [1.807, 2.05) is 0 Å². The lowest BCUT2D eigenvalue weighted by Gasteiger charge is -2.33. The van der Waals surface area contributed by atoms with Crippen molar-refractivity contribution in [1.82, 2.24) is 0 Å². The molecule has 1 rings (SSSR count). The van der Waals surface area contributed by atoms with Gasteiger partial charge in [0, 0.05) is 6.42 Å². The summed E-state index contributed by atoms with van der Waals surface area (Å²) < 4.78 is 10.4. The summed E-state index contributed by atoms with van der Waals surface area (Å²) in [6, 6.07) is 0. The summed E-state index contributed by atoms with van der Waals surface area (Å²) in [6.07, 6.45) is 0.818. The number of rotatable bonds is 6. The van der Waals surface area contributed by atoms with Crippen LogP contribution in [0.15, 0.2) is 0 Å². The Labute approximate surface area is 113 Å². The van der Waals surface area contributed by atoms with Gasteiger partial charge in [0.05, 0.1) is 19.8 Å². The first-order valence-electron chi connectivity index (χ1n) is 6.43. The molecule has 18 heavy (non-hydrogen) atoms. The van der Waals surface area contributed by atoms with E-state index in [9.17, 15) is 9.59 Å². The molecule has 1 atom stereocenters. The van der Waals surface area contributed by atoms with Gasteiger partial charge in [0.2, 0.25) is 0 Å². The predicted octanol–water partition coefficient (Wildman–Crippen LogP) is 2.06. The van der Waals surface area contributed by atoms with Gasteiger partial charge >= 0.3 is 5.97 Å². The molecule has 0 spiro atoms. The molecular weight excluding hydrogens is 252 g/mol. The minimum Gasteiger partial charge on any atom is -0.465 e. The van der Waals surface area contributed by atoms with E-state index in [2.05, 4.69) is 13.8 Å². The largest absolute Gasteiger partial charge is 0.465 e. The molecule has 1 fully saturated rings. The van der Waals surface area contributed by atoms with Crippen LogP contribution in [0.1, 0.15) is 33.6 Å². The van der Waals surface area contributed by atoms with Crippen LogP contribution in [0.2, 0.25) is 0 Å². The van der Waals surface area contributed by atoms with Gasteiger partial charge in [-0.2, -0.15) is 11.8 Å². The van der Waals surface area contributed by atoms with E-state index >= 15 is 0 Å². The van der Waals surface area contributed by atoms with Crippen molar-refractivity contribution in [2.24, 2.45) is 5.41 Å². The quantitative estimate of drug-likeness (QED) is 0.548. The monoisotopic (exact) mass is 274 g/mol. The summed E-state index contributed by atoms with van der Waals surface area (Å²) in [7, 11) is 0. The highest BCUT2D eigenvalue weighted by atomic mass is 32.2. The molecule has 5 heteroatoms. The number of hydrogen-bond donors (Lipinski definition) is 0. The molecule has 0 N–H and O–H groups in total. The number of ketones is 1. The van der Waals surface area contributed by atoms with Crippen LogP contribution in [-0.4, -0.2) is 42.6 Å². The van der Waals surface area contributed by atoms with Gasteiger partial charge < -0.3 is 9.47 Å². The number of carbonyl (C=O) groups is 2. The second-order valence-electron chi connectivity index (χ2n) is 4.70. The van der Waals surface area contributed by atoms with Crippen LogP contribution in [-0.2, 0) is 19.1 Å². The Morgan fingerprint density at radius 2 is 2.28 bits per heavy atom. The van der Waals surface area contributed by atoms with Crippen LogP contribution in [0.25, 0.3) is 0 Å². The molecule has 1 unspecified atom stereocenters. The third-order valence-corrected chi connectivity index (χ3v) is 4.11. The van der Waals surface area contributed by atoms with Crippen LogP contribution < -0.4 is 0 Å². The Morgan fingerprint density at radius 3 is 2.83 bits per heavy atom. The van der Waals surface area contributed by atoms with E-state index in [1.54, 1.807) is 18.7 Å². The van der Waals surface area contributed by atoms with Crippen molar-refractivity contribution < 1.29 is 19.1 Å². The Hall–Kier alpha value is -0.550. The first-order chi connectivity index (χ1) is 8.53. The summed E-state index contributed by atoms with van der Waals surface area (Å²) in [4.78, 5) is 24.2. The Morgan fingerprint density at radius 1 is 1.56 bits per heavy atom. The topological polar surface area (TPSA) is 52.6 Å². The fraction of sp³-hybridized carbons (Fsp3) is 0.846. The van der Waals surface area contributed by atoms with Gasteiger partial charge in [-0.25, -0.2) is 0 Å². The van der Waals surface area contributed by atoms with Crippen molar-refractivity contribution >= 4 is 23.5 Å². The van der Waals surface area contributed by atoms with Gasteiger partial charge in [0.15, 0.2) is 11.2 Å². The molecule has 0 radical (unpaired) electrons. The molecule has 1 heterocycles. The molecular formula is C13H22O4S. The molecule has 4 nitrogen and oxygen atoms in total. The second kappa shape index (κ2) is 7.14. The molecule has 0 bridgehead atoms. The van der Waals surface area contributed by atoms with Crippen molar-refractivity contribution in [2.45, 2.75) is 38.9 Å². The average Bonchev–Trinajstić information content (AvgIpc) is 2.31. The lowest BCUT2D eigenvalue weighted by atomic mass is 9.79. The van der Waals surface area contributed by atoms with Crippen LogP contribution >= 0.6 is 11.8 Å². The zero-order chi connectivity index (χ0) is 13.6. The van der Waals surface area contributed by atoms with Crippen LogP contribution in [0.5, 0.6) is 0 Å². The summed E-state index contributed by atoms with van der Waals surface area (Å²) in [6.45, 7) is 6.83. The Bertz CT molecular complexity index is 303. The molecule has 1 saturated heterocycles. The number of Topliss-reactive ketones (excluding diaryl/α,β-unsaturated/α-hetero) is 1. The highest BCUT2D eigenvalue weighted by Gasteiger charge is 2.48. The number of thioether (sulfide) groups is 1. The standard InChI is InChI=1S/C13H22O4S/c1-4-17-12(15)13(6-8-18-10(2)3)9-16-7-5-11(13)14/h10H,4-9H2,1-3H3. The summed E-state index contributed by atoms with van der Waals surface area (Å²) in [5.74, 6) is 0.321. The summed E-state index contributed by atoms with van der Waals surface area (Å²) in [5, 5.41) is 0.490. The summed E-state index contributed by atoms with van der Waals surface area (Å²) in [5.41, 5.74) is -1.06. The molecule has 0 aliphatic carbocycles. The van der Waals surface area contributed by atoms with Crippen molar-refractivity contribution in [3.63, 3.8) is 0 Å². The molecule has 0 amide bonds. The molecule has 0 aromatic carbocycles. The molecule has 0 saturated carbocycles. The second-order valence-corrected chi connectivity index (χ2v) is 6.38. The first-order valence-corrected chi connectivity index (χ1v) is 7.47. The van der Waals surface area contributed by atoms with E-state index in [1.165, 1.54) is 0 Å². The van der Waals surface area contributed by atoms with E-state index in [0.29, 0.717) is 31.3 Å². The van der Waals surface area contributed by atoms with Crippen molar-refractivity contribution in [2.75, 3.05) is 25.6 Å². The van der Waals surface area contributed by atoms with Gasteiger partial charge in [-0.1, -0.05) is 13.8 Å². The van der Waals surface area contributed by atoms with Gasteiger partial charge in [0.25, 0.3) is 0 Å². The normalized spacial score (nSPS) is 24.3. The van der Waals surface area contributed by atoms with E-state index in [0.717, 1.165) is 5.75 Å². The Kier molecular flexibility index (Phi) is 6.15. The minimum atomic E-state index is -1.06. The average molecular weight is 274 g/mol. The SMILES string of the molecule is CCOC(=O)C1(CCSC(C)C)COCCC1=O. The van der Waals surface area contributed by atoms with Crippen LogP contribution in [0.3, 0.4) is 0 Å². The fourth-order valence-corrected chi connectivity index (χ4v) is 2.89. The first kappa shape index (κ1) is 15.5. The minimum absolute atomic E-state index is 0.0310. The number of esters is 1. The van der Waals surface area contributed by atoms with Crippen molar-refractivity contribution in [3.05, 3.63) is 0 Å². The van der Waals surface area contributed by atoms with Gasteiger partial charge in [-0.3, -0.25) is 9.59 Å². The predicted molar refractivity (Wildman–Crippen MR) is 71.7 cm³/mol. The number of ether oxygens (including phenoxy) is 2. The lowest BCUT2D eigenvalue weighted by Crippen LogP contribution is -2.48. The Balaban J connectivity index is 2.73. The van der Waals surface area contributed by atoms with Crippen LogP contribution in [0, 0.1) is 5.41 Å². The maximum Gasteiger partial charge on any atom is 0.322 e. The highest BCUT2D eigenvalue weighted by molar-refractivity contribution is 7.99. The van der Waals surface area contributed by atoms with Gasteiger partial charge in [0.1, 0.15) is 0 Å². The number of hydrogen-bond acceptors (Lipinski definition) is 5.